The second-order valence-electron chi connectivity index (χ2n) is 4.19. The average Bonchev–Trinajstić information content (AvgIpc) is 2.72. The van der Waals surface area contributed by atoms with Crippen molar-refractivity contribution in [3.05, 3.63) is 22.5 Å². The highest BCUT2D eigenvalue weighted by atomic mass is 16.6. The first kappa shape index (κ1) is 15.7. The third-order valence-corrected chi connectivity index (χ3v) is 2.85. The van der Waals surface area contributed by atoms with Crippen molar-refractivity contribution in [2.45, 2.75) is 26.9 Å². The highest BCUT2D eigenvalue weighted by molar-refractivity contribution is 5.99. The van der Waals surface area contributed by atoms with Crippen molar-refractivity contribution >= 4 is 17.9 Å². The number of carbonyl (C=O) groups excluding carboxylic acids is 3. The monoisotopic (exact) mass is 283 g/mol. The lowest BCUT2D eigenvalue weighted by Gasteiger charge is -2.10. The smallest absolute Gasteiger partial charge is 0.355 e. The van der Waals surface area contributed by atoms with Crippen LogP contribution in [-0.4, -0.2) is 43.2 Å². The van der Waals surface area contributed by atoms with Crippen molar-refractivity contribution in [3.63, 3.8) is 0 Å². The normalized spacial score (nSPS) is 11.7. The Hall–Kier alpha value is -2.31. The Bertz CT molecular complexity index is 545. The fraction of sp³-hybridized carbons (Fsp3) is 0.462. The molecule has 0 fully saturated rings. The molecule has 1 atom stereocenters. The first-order chi connectivity index (χ1) is 9.33. The molecule has 0 aliphatic carbocycles. The summed E-state index contributed by atoms with van der Waals surface area (Å²) in [7, 11) is 2.46. The maximum atomic E-state index is 12.0. The van der Waals surface area contributed by atoms with E-state index in [2.05, 4.69) is 14.5 Å². The van der Waals surface area contributed by atoms with E-state index in [0.717, 1.165) is 0 Å². The van der Waals surface area contributed by atoms with Gasteiger partial charge >= 0.3 is 17.9 Å². The predicted octanol–water partition coefficient (Wildman–Crippen LogP) is 1.14. The van der Waals surface area contributed by atoms with Gasteiger partial charge in [0.2, 0.25) is 0 Å². The van der Waals surface area contributed by atoms with E-state index in [-0.39, 0.29) is 11.3 Å². The van der Waals surface area contributed by atoms with Crippen molar-refractivity contribution in [3.8, 4) is 0 Å². The fourth-order valence-corrected chi connectivity index (χ4v) is 1.80. The third kappa shape index (κ3) is 2.98. The molecule has 1 aromatic heterocycles. The summed E-state index contributed by atoms with van der Waals surface area (Å²) >= 11 is 0. The van der Waals surface area contributed by atoms with Gasteiger partial charge in [-0.1, -0.05) is 0 Å². The Morgan fingerprint density at radius 2 is 1.65 bits per heavy atom. The van der Waals surface area contributed by atoms with Crippen LogP contribution in [-0.2, 0) is 19.0 Å². The summed E-state index contributed by atoms with van der Waals surface area (Å²) in [6.45, 7) is 4.63. The summed E-state index contributed by atoms with van der Waals surface area (Å²) in [4.78, 5) is 37.5. The van der Waals surface area contributed by atoms with Gasteiger partial charge in [0, 0.05) is 5.69 Å². The molecule has 0 saturated carbocycles. The zero-order valence-electron chi connectivity index (χ0n) is 12.0. The molecule has 0 saturated heterocycles. The molecule has 0 bridgehead atoms. The molecule has 0 aromatic carbocycles. The van der Waals surface area contributed by atoms with Crippen LogP contribution in [0, 0.1) is 13.8 Å². The lowest BCUT2D eigenvalue weighted by molar-refractivity contribution is -0.149. The largest absolute Gasteiger partial charge is 0.466 e. The van der Waals surface area contributed by atoms with Crippen molar-refractivity contribution < 1.29 is 28.6 Å². The van der Waals surface area contributed by atoms with Gasteiger partial charge in [0.05, 0.1) is 19.8 Å². The second-order valence-corrected chi connectivity index (χ2v) is 4.19. The van der Waals surface area contributed by atoms with Crippen LogP contribution in [0.15, 0.2) is 0 Å². The Labute approximate surface area is 116 Å². The van der Waals surface area contributed by atoms with Gasteiger partial charge in [-0.05, 0) is 26.3 Å². The number of nitrogens with one attached hydrogen (secondary N) is 1. The zero-order valence-corrected chi connectivity index (χ0v) is 12.0. The summed E-state index contributed by atoms with van der Waals surface area (Å²) < 4.78 is 14.1. The Kier molecular flexibility index (Phi) is 4.90. The molecule has 7 heteroatoms. The molecule has 0 aliphatic rings. The average molecular weight is 283 g/mol. The molecule has 0 aliphatic heterocycles. The fourth-order valence-electron chi connectivity index (χ4n) is 1.80. The third-order valence-electron chi connectivity index (χ3n) is 2.85. The lowest BCUT2D eigenvalue weighted by atomic mass is 10.1. The molecule has 0 unspecified atom stereocenters. The van der Waals surface area contributed by atoms with Crippen molar-refractivity contribution in [1.29, 1.82) is 0 Å². The molecule has 1 aromatic rings. The number of methoxy groups -OCH3 is 2. The summed E-state index contributed by atoms with van der Waals surface area (Å²) in [5.41, 5.74) is 1.30. The molecule has 0 radical (unpaired) electrons. The van der Waals surface area contributed by atoms with Crippen LogP contribution >= 0.6 is 0 Å². The van der Waals surface area contributed by atoms with E-state index in [0.29, 0.717) is 11.3 Å². The van der Waals surface area contributed by atoms with Crippen LogP contribution < -0.4 is 0 Å². The minimum atomic E-state index is -1.03. The summed E-state index contributed by atoms with van der Waals surface area (Å²) in [6.07, 6.45) is -1.03. The van der Waals surface area contributed by atoms with E-state index in [1.807, 2.05) is 0 Å². The molecule has 1 rings (SSSR count). The van der Waals surface area contributed by atoms with Gasteiger partial charge in [0.25, 0.3) is 0 Å². The number of hydrogen-bond donors (Lipinski definition) is 1. The standard InChI is InChI=1S/C13H17NO6/c1-6-9(12(16)19-5)7(2)14-10(6)13(17)20-8(3)11(15)18-4/h8,14H,1-5H3/t8-/m1/s1. The maximum absolute atomic E-state index is 12.0. The number of esters is 3. The number of ether oxygens (including phenoxy) is 3. The first-order valence-corrected chi connectivity index (χ1v) is 5.89. The summed E-state index contributed by atoms with van der Waals surface area (Å²) in [6, 6.07) is 0. The van der Waals surface area contributed by atoms with Crippen molar-refractivity contribution in [1.82, 2.24) is 4.98 Å². The number of rotatable bonds is 4. The minimum absolute atomic E-state index is 0.110. The van der Waals surface area contributed by atoms with Crippen LogP contribution in [0.1, 0.15) is 39.0 Å². The number of aryl methyl sites for hydroxylation is 1. The Morgan fingerprint density at radius 3 is 2.15 bits per heavy atom. The first-order valence-electron chi connectivity index (χ1n) is 5.89. The SMILES string of the molecule is COC(=O)c1c(C)[nH]c(C(=O)O[C@H](C)C(=O)OC)c1C. The maximum Gasteiger partial charge on any atom is 0.355 e. The van der Waals surface area contributed by atoms with Crippen LogP contribution in [0.2, 0.25) is 0 Å². The highest BCUT2D eigenvalue weighted by Crippen LogP contribution is 2.20. The highest BCUT2D eigenvalue weighted by Gasteiger charge is 2.26. The van der Waals surface area contributed by atoms with Gasteiger partial charge < -0.3 is 19.2 Å². The van der Waals surface area contributed by atoms with Gasteiger partial charge in [-0.3, -0.25) is 0 Å². The van der Waals surface area contributed by atoms with E-state index < -0.39 is 24.0 Å². The lowest BCUT2D eigenvalue weighted by Crippen LogP contribution is -2.25. The predicted molar refractivity (Wildman–Crippen MR) is 68.5 cm³/mol. The van der Waals surface area contributed by atoms with Crippen LogP contribution in [0.5, 0.6) is 0 Å². The van der Waals surface area contributed by atoms with Crippen LogP contribution in [0.25, 0.3) is 0 Å². The Morgan fingerprint density at radius 1 is 1.05 bits per heavy atom. The van der Waals surface area contributed by atoms with Crippen LogP contribution in [0.4, 0.5) is 0 Å². The quantitative estimate of drug-likeness (QED) is 0.657. The molecule has 110 valence electrons. The minimum Gasteiger partial charge on any atom is -0.466 e. The van der Waals surface area contributed by atoms with Crippen LogP contribution in [0.3, 0.4) is 0 Å². The molecular weight excluding hydrogens is 266 g/mol. The van der Waals surface area contributed by atoms with Crippen molar-refractivity contribution in [2.24, 2.45) is 0 Å². The molecule has 0 amide bonds. The van der Waals surface area contributed by atoms with E-state index in [1.54, 1.807) is 13.8 Å². The number of aromatic amines is 1. The van der Waals surface area contributed by atoms with E-state index in [1.165, 1.54) is 21.1 Å². The van der Waals surface area contributed by atoms with Gasteiger partial charge in [-0.25, -0.2) is 14.4 Å². The molecule has 1 heterocycles. The molecular formula is C13H17NO6. The van der Waals surface area contributed by atoms with Gasteiger partial charge in [-0.15, -0.1) is 0 Å². The van der Waals surface area contributed by atoms with Gasteiger partial charge in [0.15, 0.2) is 6.10 Å². The second kappa shape index (κ2) is 6.23. The van der Waals surface area contributed by atoms with E-state index >= 15 is 0 Å². The zero-order chi connectivity index (χ0) is 15.4. The summed E-state index contributed by atoms with van der Waals surface area (Å²) in [5, 5.41) is 0. The topological polar surface area (TPSA) is 94.7 Å². The number of hydrogen-bond acceptors (Lipinski definition) is 6. The molecule has 7 nitrogen and oxygen atoms in total. The number of carbonyl (C=O) groups is 3. The van der Waals surface area contributed by atoms with Gasteiger partial charge in [-0.2, -0.15) is 0 Å². The Balaban J connectivity index is 3.01. The van der Waals surface area contributed by atoms with Crippen molar-refractivity contribution in [2.75, 3.05) is 14.2 Å². The number of H-pyrrole nitrogens is 1. The summed E-state index contributed by atoms with van der Waals surface area (Å²) in [5.74, 6) is -1.94. The van der Waals surface area contributed by atoms with E-state index in [9.17, 15) is 14.4 Å². The van der Waals surface area contributed by atoms with Gasteiger partial charge in [0.1, 0.15) is 5.69 Å². The molecule has 0 spiro atoms. The number of aromatic nitrogens is 1. The van der Waals surface area contributed by atoms with E-state index in [4.69, 9.17) is 4.74 Å². The molecule has 20 heavy (non-hydrogen) atoms. The molecule has 1 N–H and O–H groups in total.